The molecule has 0 spiro atoms. The molecule has 7 nitrogen and oxygen atoms in total. The van der Waals surface area contributed by atoms with Gasteiger partial charge < -0.3 is 15.7 Å². The number of amides is 1. The maximum absolute atomic E-state index is 11.9. The van der Waals surface area contributed by atoms with Gasteiger partial charge in [0, 0.05) is 5.56 Å². The van der Waals surface area contributed by atoms with E-state index in [9.17, 15) is 14.9 Å². The Morgan fingerprint density at radius 3 is 2.64 bits per heavy atom. The Bertz CT molecular complexity index is 949. The van der Waals surface area contributed by atoms with Crippen LogP contribution in [-0.4, -0.2) is 27.5 Å². The second-order valence-corrected chi connectivity index (χ2v) is 5.69. The van der Waals surface area contributed by atoms with E-state index in [1.165, 1.54) is 12.1 Å². The predicted molar refractivity (Wildman–Crippen MR) is 93.2 cm³/mol. The second-order valence-electron chi connectivity index (χ2n) is 5.18. The average Bonchev–Trinajstić information content (AvgIpc) is 2.61. The number of aromatic nitrogens is 1. The molecule has 124 valence electrons. The third kappa shape index (κ3) is 3.32. The maximum Gasteiger partial charge on any atom is 0.335 e. The number of hydrogen-bond donors (Lipinski definition) is 4. The fourth-order valence-corrected chi connectivity index (χ4v) is 2.66. The molecule has 0 aliphatic carbocycles. The number of nitrogens with one attached hydrogen (secondary N) is 2. The van der Waals surface area contributed by atoms with Crippen LogP contribution < -0.4 is 10.6 Å². The molecule has 1 aromatic heterocycles. The highest BCUT2D eigenvalue weighted by Gasteiger charge is 2.26. The number of carbonyl (C=O) groups excluding carboxylic acids is 1. The lowest BCUT2D eigenvalue weighted by molar-refractivity contribution is -0.117. The number of thiol groups is 1. The first-order chi connectivity index (χ1) is 12.0. The van der Waals surface area contributed by atoms with Gasteiger partial charge in [-0.15, -0.1) is 12.6 Å². The Morgan fingerprint density at radius 1 is 1.20 bits per heavy atom. The summed E-state index contributed by atoms with van der Waals surface area (Å²) in [5, 5.41) is 23.7. The Hall–Kier alpha value is -3.31. The fourth-order valence-electron chi connectivity index (χ4n) is 2.41. The minimum atomic E-state index is -1.03. The molecule has 1 aliphatic heterocycles. The number of nitriles is 1. The molecule has 2 heterocycles. The highest BCUT2D eigenvalue weighted by atomic mass is 32.1. The lowest BCUT2D eigenvalue weighted by Gasteiger charge is -2.24. The van der Waals surface area contributed by atoms with Crippen LogP contribution in [0.4, 0.5) is 0 Å². The molecule has 25 heavy (non-hydrogen) atoms. The fraction of sp³-hybridized carbons (Fsp3) is 0.0588. The number of pyridine rings is 1. The number of benzene rings is 1. The number of carboxylic acids is 1. The molecule has 0 bridgehead atoms. The summed E-state index contributed by atoms with van der Waals surface area (Å²) in [5.74, 6) is -1.56. The Kier molecular flexibility index (Phi) is 4.41. The molecule has 0 saturated carbocycles. The van der Waals surface area contributed by atoms with Gasteiger partial charge in [0.05, 0.1) is 22.6 Å². The van der Waals surface area contributed by atoms with E-state index in [0.717, 1.165) is 0 Å². The summed E-state index contributed by atoms with van der Waals surface area (Å²) in [6.45, 7) is 0. The molecule has 0 fully saturated rings. The molecule has 3 rings (SSSR count). The van der Waals surface area contributed by atoms with Crippen molar-refractivity contribution in [1.29, 1.82) is 5.26 Å². The van der Waals surface area contributed by atoms with Gasteiger partial charge in [-0.1, -0.05) is 18.2 Å². The number of carboxylic acid groups (broad SMARTS) is 1. The van der Waals surface area contributed by atoms with Crippen LogP contribution >= 0.6 is 12.6 Å². The lowest BCUT2D eigenvalue weighted by Crippen LogP contribution is -2.46. The van der Waals surface area contributed by atoms with Crippen molar-refractivity contribution in [2.24, 2.45) is 0 Å². The summed E-state index contributed by atoms with van der Waals surface area (Å²) in [4.78, 5) is 27.5. The maximum atomic E-state index is 11.9. The first-order valence-corrected chi connectivity index (χ1v) is 7.72. The number of aromatic carboxylic acids is 1. The number of rotatable bonds is 3. The summed E-state index contributed by atoms with van der Waals surface area (Å²) < 4.78 is 0. The van der Waals surface area contributed by atoms with Crippen LogP contribution in [0.25, 0.3) is 17.0 Å². The van der Waals surface area contributed by atoms with E-state index < -0.39 is 17.4 Å². The van der Waals surface area contributed by atoms with Gasteiger partial charge in [0.15, 0.2) is 0 Å². The molecule has 1 amide bonds. The van der Waals surface area contributed by atoms with Gasteiger partial charge >= 0.3 is 5.97 Å². The van der Waals surface area contributed by atoms with Gasteiger partial charge in [0.25, 0.3) is 5.91 Å². The van der Waals surface area contributed by atoms with E-state index in [0.29, 0.717) is 17.0 Å². The monoisotopic (exact) mass is 352 g/mol. The van der Waals surface area contributed by atoms with Crippen molar-refractivity contribution in [3.63, 3.8) is 0 Å². The van der Waals surface area contributed by atoms with E-state index in [-0.39, 0.29) is 16.8 Å². The van der Waals surface area contributed by atoms with Crippen LogP contribution in [-0.2, 0) is 4.79 Å². The Morgan fingerprint density at radius 2 is 1.92 bits per heavy atom. The van der Waals surface area contributed by atoms with Crippen molar-refractivity contribution in [1.82, 2.24) is 15.6 Å². The summed E-state index contributed by atoms with van der Waals surface area (Å²) in [6, 6.07) is 13.3. The van der Waals surface area contributed by atoms with Crippen molar-refractivity contribution in [2.75, 3.05) is 0 Å². The van der Waals surface area contributed by atoms with Gasteiger partial charge in [0.1, 0.15) is 17.1 Å². The molecule has 1 unspecified atom stereocenters. The molecular weight excluding hydrogens is 340 g/mol. The highest BCUT2D eigenvalue weighted by Crippen LogP contribution is 2.23. The second kappa shape index (κ2) is 6.67. The zero-order valence-electron chi connectivity index (χ0n) is 12.7. The first-order valence-electron chi connectivity index (χ1n) is 7.20. The number of carbonyl (C=O) groups is 2. The van der Waals surface area contributed by atoms with Crippen LogP contribution in [0, 0.1) is 11.3 Å². The molecule has 2 aromatic rings. The Balaban J connectivity index is 2.08. The van der Waals surface area contributed by atoms with E-state index in [2.05, 4.69) is 28.2 Å². The lowest BCUT2D eigenvalue weighted by atomic mass is 10.1. The van der Waals surface area contributed by atoms with E-state index in [1.807, 2.05) is 6.07 Å². The minimum absolute atomic E-state index is 0.0887. The molecule has 1 aliphatic rings. The standard InChI is InChI=1S/C17H12N4O3S/c18-8-11-14(20-17(25)21-15(11)22)13-6-2-5-12(19-13)9-3-1-4-10(7-9)16(23)24/h1-7,17,20,25H,(H,21,22)(H,23,24). The van der Waals surface area contributed by atoms with Crippen LogP contribution in [0.2, 0.25) is 0 Å². The smallest absolute Gasteiger partial charge is 0.335 e. The largest absolute Gasteiger partial charge is 0.478 e. The number of hydrogen-bond acceptors (Lipinski definition) is 6. The van der Waals surface area contributed by atoms with E-state index in [4.69, 9.17) is 5.11 Å². The van der Waals surface area contributed by atoms with E-state index >= 15 is 0 Å². The normalized spacial score (nSPS) is 16.6. The summed E-state index contributed by atoms with van der Waals surface area (Å²) >= 11 is 4.16. The van der Waals surface area contributed by atoms with Crippen molar-refractivity contribution in [3.05, 3.63) is 59.3 Å². The van der Waals surface area contributed by atoms with Crippen molar-refractivity contribution >= 4 is 30.2 Å². The summed E-state index contributed by atoms with van der Waals surface area (Å²) in [7, 11) is 0. The summed E-state index contributed by atoms with van der Waals surface area (Å²) in [6.07, 6.45) is 0. The first kappa shape index (κ1) is 16.5. The molecular formula is C17H12N4O3S. The zero-order valence-corrected chi connectivity index (χ0v) is 13.6. The van der Waals surface area contributed by atoms with Gasteiger partial charge in [-0.25, -0.2) is 9.78 Å². The molecule has 1 aromatic carbocycles. The zero-order chi connectivity index (χ0) is 18.0. The van der Waals surface area contributed by atoms with Gasteiger partial charge in [-0.05, 0) is 24.3 Å². The van der Waals surface area contributed by atoms with Crippen LogP contribution in [0.3, 0.4) is 0 Å². The highest BCUT2D eigenvalue weighted by molar-refractivity contribution is 7.80. The molecule has 8 heteroatoms. The van der Waals surface area contributed by atoms with Gasteiger partial charge in [-0.2, -0.15) is 5.26 Å². The third-order valence-corrected chi connectivity index (χ3v) is 3.81. The van der Waals surface area contributed by atoms with Crippen molar-refractivity contribution in [3.8, 4) is 17.3 Å². The van der Waals surface area contributed by atoms with Gasteiger partial charge in [0.2, 0.25) is 0 Å². The minimum Gasteiger partial charge on any atom is -0.478 e. The molecule has 3 N–H and O–H groups in total. The average molecular weight is 352 g/mol. The Labute approximate surface area is 148 Å². The third-order valence-electron chi connectivity index (χ3n) is 3.55. The topological polar surface area (TPSA) is 115 Å². The molecule has 1 atom stereocenters. The summed E-state index contributed by atoms with van der Waals surface area (Å²) in [5.41, 5.74) is 1.23. The van der Waals surface area contributed by atoms with Gasteiger partial charge in [-0.3, -0.25) is 4.79 Å². The quantitative estimate of drug-likeness (QED) is 0.624. The SMILES string of the molecule is N#CC1=C(c2cccc(-c3cccc(C(=O)O)c3)n2)NC(S)NC1=O. The number of nitrogens with zero attached hydrogens (tertiary/aromatic N) is 2. The van der Waals surface area contributed by atoms with Crippen LogP contribution in [0.1, 0.15) is 16.1 Å². The predicted octanol–water partition coefficient (Wildman–Crippen LogP) is 1.61. The van der Waals surface area contributed by atoms with Crippen molar-refractivity contribution in [2.45, 2.75) is 5.50 Å². The van der Waals surface area contributed by atoms with Crippen LogP contribution in [0.5, 0.6) is 0 Å². The molecule has 0 radical (unpaired) electrons. The van der Waals surface area contributed by atoms with Crippen molar-refractivity contribution < 1.29 is 14.7 Å². The van der Waals surface area contributed by atoms with Crippen LogP contribution in [0.15, 0.2) is 48.0 Å². The molecule has 0 saturated heterocycles. The van der Waals surface area contributed by atoms with E-state index in [1.54, 1.807) is 30.3 Å².